The SMILES string of the molecule is COc1cc(CNC(C)C2CCCO2)ccc1C#N. The van der Waals surface area contributed by atoms with E-state index in [1.165, 1.54) is 0 Å². The zero-order valence-electron chi connectivity index (χ0n) is 11.5. The van der Waals surface area contributed by atoms with Gasteiger partial charge in [0.15, 0.2) is 0 Å². The lowest BCUT2D eigenvalue weighted by Gasteiger charge is -2.20. The van der Waals surface area contributed by atoms with Gasteiger partial charge in [0.1, 0.15) is 11.8 Å². The van der Waals surface area contributed by atoms with Crippen LogP contribution in [0.15, 0.2) is 18.2 Å². The second-order valence-electron chi connectivity index (χ2n) is 4.87. The van der Waals surface area contributed by atoms with Crippen molar-refractivity contribution in [2.75, 3.05) is 13.7 Å². The molecule has 0 spiro atoms. The maximum absolute atomic E-state index is 8.94. The number of nitriles is 1. The molecule has 1 saturated heterocycles. The van der Waals surface area contributed by atoms with Crippen molar-refractivity contribution < 1.29 is 9.47 Å². The van der Waals surface area contributed by atoms with Gasteiger partial charge in [-0.1, -0.05) is 6.07 Å². The molecular weight excluding hydrogens is 240 g/mol. The molecule has 19 heavy (non-hydrogen) atoms. The minimum absolute atomic E-state index is 0.320. The zero-order chi connectivity index (χ0) is 13.7. The number of hydrogen-bond acceptors (Lipinski definition) is 4. The lowest BCUT2D eigenvalue weighted by atomic mass is 10.1. The summed E-state index contributed by atoms with van der Waals surface area (Å²) in [5.74, 6) is 0.631. The summed E-state index contributed by atoms with van der Waals surface area (Å²) < 4.78 is 10.9. The normalized spacial score (nSPS) is 19.9. The van der Waals surface area contributed by atoms with Gasteiger partial charge in [-0.3, -0.25) is 0 Å². The van der Waals surface area contributed by atoms with E-state index in [1.54, 1.807) is 13.2 Å². The average molecular weight is 260 g/mol. The Balaban J connectivity index is 1.94. The first-order valence-electron chi connectivity index (χ1n) is 6.66. The first-order chi connectivity index (χ1) is 9.24. The largest absolute Gasteiger partial charge is 0.495 e. The molecule has 2 atom stereocenters. The molecule has 1 aromatic rings. The van der Waals surface area contributed by atoms with Crippen molar-refractivity contribution in [2.45, 2.75) is 38.5 Å². The number of rotatable bonds is 5. The third-order valence-electron chi connectivity index (χ3n) is 3.54. The van der Waals surface area contributed by atoms with E-state index in [1.807, 2.05) is 12.1 Å². The second kappa shape index (κ2) is 6.55. The molecule has 1 heterocycles. The maximum atomic E-state index is 8.94. The van der Waals surface area contributed by atoms with Gasteiger partial charge in [-0.2, -0.15) is 5.26 Å². The van der Waals surface area contributed by atoms with Crippen molar-refractivity contribution >= 4 is 0 Å². The van der Waals surface area contributed by atoms with Crippen molar-refractivity contribution in [3.8, 4) is 11.8 Å². The first-order valence-corrected chi connectivity index (χ1v) is 6.66. The Hall–Kier alpha value is -1.57. The molecule has 0 radical (unpaired) electrons. The van der Waals surface area contributed by atoms with Crippen LogP contribution in [0, 0.1) is 11.3 Å². The molecule has 4 nitrogen and oxygen atoms in total. The van der Waals surface area contributed by atoms with Crippen LogP contribution in [0.1, 0.15) is 30.9 Å². The van der Waals surface area contributed by atoms with E-state index in [0.29, 0.717) is 23.5 Å². The molecule has 0 aliphatic carbocycles. The number of benzene rings is 1. The number of nitrogens with zero attached hydrogens (tertiary/aromatic N) is 1. The Labute approximate surface area is 114 Å². The standard InChI is InChI=1S/C15H20N2O2/c1-11(14-4-3-7-19-14)17-10-12-5-6-13(9-16)15(8-12)18-2/h5-6,8,11,14,17H,3-4,7,10H2,1-2H3. The Morgan fingerprint density at radius 3 is 3.05 bits per heavy atom. The molecule has 1 aliphatic rings. The van der Waals surface area contributed by atoms with Gasteiger partial charge < -0.3 is 14.8 Å². The van der Waals surface area contributed by atoms with Crippen molar-refractivity contribution in [3.63, 3.8) is 0 Å². The van der Waals surface area contributed by atoms with Gasteiger partial charge in [-0.15, -0.1) is 0 Å². The molecule has 0 amide bonds. The minimum Gasteiger partial charge on any atom is -0.495 e. The number of ether oxygens (including phenoxy) is 2. The Bertz CT molecular complexity index is 462. The van der Waals surface area contributed by atoms with Gasteiger partial charge >= 0.3 is 0 Å². The molecular formula is C15H20N2O2. The van der Waals surface area contributed by atoms with Crippen LogP contribution in [-0.2, 0) is 11.3 Å². The molecule has 1 fully saturated rings. The van der Waals surface area contributed by atoms with E-state index in [2.05, 4.69) is 18.3 Å². The van der Waals surface area contributed by atoms with E-state index in [4.69, 9.17) is 14.7 Å². The number of methoxy groups -OCH3 is 1. The predicted octanol–water partition coefficient (Wildman–Crippen LogP) is 2.22. The quantitative estimate of drug-likeness (QED) is 0.882. The molecule has 1 aliphatic heterocycles. The van der Waals surface area contributed by atoms with E-state index in [-0.39, 0.29) is 0 Å². The summed E-state index contributed by atoms with van der Waals surface area (Å²) in [6.45, 7) is 3.78. The van der Waals surface area contributed by atoms with Crippen molar-refractivity contribution in [3.05, 3.63) is 29.3 Å². The molecule has 2 unspecified atom stereocenters. The van der Waals surface area contributed by atoms with Gasteiger partial charge in [0.25, 0.3) is 0 Å². The molecule has 4 heteroatoms. The monoisotopic (exact) mass is 260 g/mol. The summed E-state index contributed by atoms with van der Waals surface area (Å²) in [4.78, 5) is 0. The smallest absolute Gasteiger partial charge is 0.136 e. The van der Waals surface area contributed by atoms with E-state index >= 15 is 0 Å². The van der Waals surface area contributed by atoms with Crippen molar-refractivity contribution in [1.82, 2.24) is 5.32 Å². The molecule has 2 rings (SSSR count). The summed E-state index contributed by atoms with van der Waals surface area (Å²) in [7, 11) is 1.59. The third kappa shape index (κ3) is 3.46. The molecule has 0 bridgehead atoms. The highest BCUT2D eigenvalue weighted by atomic mass is 16.5. The highest BCUT2D eigenvalue weighted by Gasteiger charge is 2.21. The lowest BCUT2D eigenvalue weighted by molar-refractivity contribution is 0.0832. The minimum atomic E-state index is 0.320. The lowest BCUT2D eigenvalue weighted by Crippen LogP contribution is -2.36. The maximum Gasteiger partial charge on any atom is 0.136 e. The highest BCUT2D eigenvalue weighted by molar-refractivity contribution is 5.45. The van der Waals surface area contributed by atoms with Gasteiger partial charge in [-0.05, 0) is 37.5 Å². The molecule has 1 N–H and O–H groups in total. The molecule has 0 aromatic heterocycles. The first kappa shape index (κ1) is 13.9. The van der Waals surface area contributed by atoms with Gasteiger partial charge in [0.2, 0.25) is 0 Å². The van der Waals surface area contributed by atoms with Crippen molar-refractivity contribution in [2.24, 2.45) is 0 Å². The summed E-state index contributed by atoms with van der Waals surface area (Å²) in [5, 5.41) is 12.4. The van der Waals surface area contributed by atoms with Gasteiger partial charge in [0.05, 0.1) is 18.8 Å². The van der Waals surface area contributed by atoms with Crippen LogP contribution in [-0.4, -0.2) is 25.9 Å². The topological polar surface area (TPSA) is 54.3 Å². The van der Waals surface area contributed by atoms with E-state index < -0.39 is 0 Å². The fourth-order valence-corrected chi connectivity index (χ4v) is 2.35. The second-order valence-corrected chi connectivity index (χ2v) is 4.87. The summed E-state index contributed by atoms with van der Waals surface area (Å²) in [6, 6.07) is 8.12. The van der Waals surface area contributed by atoms with Crippen molar-refractivity contribution in [1.29, 1.82) is 5.26 Å². The Morgan fingerprint density at radius 2 is 2.42 bits per heavy atom. The fraction of sp³-hybridized carbons (Fsp3) is 0.533. The van der Waals surface area contributed by atoms with E-state index in [0.717, 1.165) is 31.6 Å². The van der Waals surface area contributed by atoms with Crippen LogP contribution in [0.2, 0.25) is 0 Å². The van der Waals surface area contributed by atoms with Crippen LogP contribution in [0.4, 0.5) is 0 Å². The van der Waals surface area contributed by atoms with Crippen LogP contribution >= 0.6 is 0 Å². The summed E-state index contributed by atoms with van der Waals surface area (Å²) >= 11 is 0. The summed E-state index contributed by atoms with van der Waals surface area (Å²) in [5.41, 5.74) is 1.68. The number of hydrogen-bond donors (Lipinski definition) is 1. The van der Waals surface area contributed by atoms with Crippen LogP contribution in [0.25, 0.3) is 0 Å². The summed E-state index contributed by atoms with van der Waals surface area (Å²) in [6.07, 6.45) is 2.60. The Morgan fingerprint density at radius 1 is 1.58 bits per heavy atom. The molecule has 0 saturated carbocycles. The Kier molecular flexibility index (Phi) is 4.78. The van der Waals surface area contributed by atoms with Crippen LogP contribution < -0.4 is 10.1 Å². The van der Waals surface area contributed by atoms with Crippen LogP contribution in [0.5, 0.6) is 5.75 Å². The van der Waals surface area contributed by atoms with E-state index in [9.17, 15) is 0 Å². The fourth-order valence-electron chi connectivity index (χ4n) is 2.35. The average Bonchev–Trinajstić information content (AvgIpc) is 2.98. The third-order valence-corrected chi connectivity index (χ3v) is 3.54. The predicted molar refractivity (Wildman–Crippen MR) is 73.0 cm³/mol. The molecule has 102 valence electrons. The van der Waals surface area contributed by atoms with Gasteiger partial charge in [0, 0.05) is 19.2 Å². The number of nitrogens with one attached hydrogen (secondary N) is 1. The van der Waals surface area contributed by atoms with Gasteiger partial charge in [-0.25, -0.2) is 0 Å². The zero-order valence-corrected chi connectivity index (χ0v) is 11.5. The molecule has 1 aromatic carbocycles. The highest BCUT2D eigenvalue weighted by Crippen LogP contribution is 2.20. The van der Waals surface area contributed by atoms with Crippen LogP contribution in [0.3, 0.4) is 0 Å².